The second-order valence-corrected chi connectivity index (χ2v) is 2.95. The standard InChI is InChI=1S/C11H13NO2/c13-11(14)8-3-1-2-6-10-7-4-5-9-12-10/h3-5,7-9H,1-2,6H2,(H,13,14). The molecule has 3 nitrogen and oxygen atoms in total. The molecule has 0 fully saturated rings. The van der Waals surface area contributed by atoms with Gasteiger partial charge in [-0.05, 0) is 31.4 Å². The van der Waals surface area contributed by atoms with Gasteiger partial charge in [-0.15, -0.1) is 0 Å². The number of carboxylic acids is 1. The summed E-state index contributed by atoms with van der Waals surface area (Å²) >= 11 is 0. The van der Waals surface area contributed by atoms with Crippen molar-refractivity contribution in [2.75, 3.05) is 0 Å². The van der Waals surface area contributed by atoms with E-state index in [0.29, 0.717) is 0 Å². The number of carbonyl (C=O) groups is 1. The topological polar surface area (TPSA) is 50.2 Å². The van der Waals surface area contributed by atoms with Crippen molar-refractivity contribution in [2.45, 2.75) is 19.3 Å². The molecule has 0 unspecified atom stereocenters. The van der Waals surface area contributed by atoms with Crippen molar-refractivity contribution in [3.8, 4) is 0 Å². The van der Waals surface area contributed by atoms with Crippen molar-refractivity contribution in [1.82, 2.24) is 4.98 Å². The lowest BCUT2D eigenvalue weighted by Gasteiger charge is -1.96. The van der Waals surface area contributed by atoms with Crippen LogP contribution in [0.3, 0.4) is 0 Å². The summed E-state index contributed by atoms with van der Waals surface area (Å²) in [7, 11) is 0. The SMILES string of the molecule is O=C(O)C=CCCCc1ccccn1. The highest BCUT2D eigenvalue weighted by Crippen LogP contribution is 2.01. The normalized spacial score (nSPS) is 10.6. The third kappa shape index (κ3) is 4.40. The van der Waals surface area contributed by atoms with E-state index in [4.69, 9.17) is 5.11 Å². The summed E-state index contributed by atoms with van der Waals surface area (Å²) in [6, 6.07) is 5.81. The van der Waals surface area contributed by atoms with Crippen LogP contribution in [0.2, 0.25) is 0 Å². The Morgan fingerprint density at radius 2 is 2.36 bits per heavy atom. The van der Waals surface area contributed by atoms with Crippen molar-refractivity contribution < 1.29 is 9.90 Å². The van der Waals surface area contributed by atoms with Gasteiger partial charge in [-0.2, -0.15) is 0 Å². The van der Waals surface area contributed by atoms with E-state index in [2.05, 4.69) is 4.98 Å². The maximum atomic E-state index is 10.1. The van der Waals surface area contributed by atoms with Crippen LogP contribution in [-0.4, -0.2) is 16.1 Å². The predicted molar refractivity (Wildman–Crippen MR) is 54.0 cm³/mol. The molecule has 1 heterocycles. The van der Waals surface area contributed by atoms with Crippen LogP contribution in [0.25, 0.3) is 0 Å². The van der Waals surface area contributed by atoms with Crippen LogP contribution >= 0.6 is 0 Å². The highest BCUT2D eigenvalue weighted by Gasteiger charge is 1.91. The van der Waals surface area contributed by atoms with Gasteiger partial charge in [-0.3, -0.25) is 4.98 Å². The van der Waals surface area contributed by atoms with Crippen molar-refractivity contribution >= 4 is 5.97 Å². The molecule has 14 heavy (non-hydrogen) atoms. The Morgan fingerprint density at radius 3 is 3.00 bits per heavy atom. The number of aryl methyl sites for hydroxylation is 1. The van der Waals surface area contributed by atoms with E-state index in [1.165, 1.54) is 6.08 Å². The minimum Gasteiger partial charge on any atom is -0.478 e. The molecule has 0 saturated heterocycles. The van der Waals surface area contributed by atoms with Gasteiger partial charge in [0.05, 0.1) is 0 Å². The number of pyridine rings is 1. The monoisotopic (exact) mass is 191 g/mol. The van der Waals surface area contributed by atoms with E-state index >= 15 is 0 Å². The fraction of sp³-hybridized carbons (Fsp3) is 0.273. The summed E-state index contributed by atoms with van der Waals surface area (Å²) in [5.41, 5.74) is 1.05. The van der Waals surface area contributed by atoms with Gasteiger partial charge >= 0.3 is 5.97 Å². The van der Waals surface area contributed by atoms with Gasteiger partial charge in [0, 0.05) is 18.0 Å². The van der Waals surface area contributed by atoms with E-state index in [-0.39, 0.29) is 0 Å². The van der Waals surface area contributed by atoms with E-state index in [1.54, 1.807) is 12.3 Å². The maximum absolute atomic E-state index is 10.1. The summed E-state index contributed by atoms with van der Waals surface area (Å²) in [4.78, 5) is 14.3. The summed E-state index contributed by atoms with van der Waals surface area (Å²) in [5, 5.41) is 8.33. The number of aliphatic carboxylic acids is 1. The first-order chi connectivity index (χ1) is 6.79. The Morgan fingerprint density at radius 1 is 1.50 bits per heavy atom. The number of hydrogen-bond donors (Lipinski definition) is 1. The summed E-state index contributed by atoms with van der Waals surface area (Å²) in [5.74, 6) is -0.886. The molecule has 0 aliphatic carbocycles. The van der Waals surface area contributed by atoms with Gasteiger partial charge in [-0.1, -0.05) is 12.1 Å². The van der Waals surface area contributed by atoms with Gasteiger partial charge < -0.3 is 5.11 Å². The zero-order chi connectivity index (χ0) is 10.2. The van der Waals surface area contributed by atoms with E-state index < -0.39 is 5.97 Å². The minimum atomic E-state index is -0.886. The fourth-order valence-electron chi connectivity index (χ4n) is 1.13. The van der Waals surface area contributed by atoms with Crippen LogP contribution in [0.15, 0.2) is 36.5 Å². The zero-order valence-electron chi connectivity index (χ0n) is 7.89. The van der Waals surface area contributed by atoms with Crippen molar-refractivity contribution in [3.63, 3.8) is 0 Å². The average molecular weight is 191 g/mol. The number of aromatic nitrogens is 1. The Kier molecular flexibility index (Phi) is 4.41. The van der Waals surface area contributed by atoms with E-state index in [0.717, 1.165) is 25.0 Å². The molecule has 0 amide bonds. The Bertz CT molecular complexity index is 306. The lowest BCUT2D eigenvalue weighted by molar-refractivity contribution is -0.131. The molecule has 0 saturated carbocycles. The van der Waals surface area contributed by atoms with E-state index in [1.807, 2.05) is 18.2 Å². The fourth-order valence-corrected chi connectivity index (χ4v) is 1.13. The smallest absolute Gasteiger partial charge is 0.327 e. The highest BCUT2D eigenvalue weighted by atomic mass is 16.4. The number of carboxylic acid groups (broad SMARTS) is 1. The van der Waals surface area contributed by atoms with Crippen LogP contribution in [-0.2, 0) is 11.2 Å². The highest BCUT2D eigenvalue weighted by molar-refractivity contribution is 5.79. The molecule has 0 aromatic carbocycles. The molecular weight excluding hydrogens is 178 g/mol. The van der Waals surface area contributed by atoms with Crippen LogP contribution in [0.1, 0.15) is 18.5 Å². The lowest BCUT2D eigenvalue weighted by Crippen LogP contribution is -1.89. The molecule has 3 heteroatoms. The molecule has 0 bridgehead atoms. The number of rotatable bonds is 5. The van der Waals surface area contributed by atoms with Gasteiger partial charge in [0.1, 0.15) is 0 Å². The van der Waals surface area contributed by atoms with Crippen LogP contribution in [0.4, 0.5) is 0 Å². The van der Waals surface area contributed by atoms with Crippen molar-refractivity contribution in [2.24, 2.45) is 0 Å². The zero-order valence-corrected chi connectivity index (χ0v) is 7.89. The van der Waals surface area contributed by atoms with Gasteiger partial charge in [0.25, 0.3) is 0 Å². The van der Waals surface area contributed by atoms with Gasteiger partial charge in [-0.25, -0.2) is 4.79 Å². The molecule has 0 spiro atoms. The molecule has 74 valence electrons. The van der Waals surface area contributed by atoms with E-state index in [9.17, 15) is 4.79 Å². The summed E-state index contributed by atoms with van der Waals surface area (Å²) in [6.07, 6.45) is 7.22. The predicted octanol–water partition coefficient (Wildman–Crippen LogP) is 2.05. The molecule has 0 atom stereocenters. The summed E-state index contributed by atoms with van der Waals surface area (Å²) in [6.45, 7) is 0. The quantitative estimate of drug-likeness (QED) is 0.572. The first-order valence-corrected chi connectivity index (χ1v) is 4.58. The Hall–Kier alpha value is -1.64. The number of hydrogen-bond acceptors (Lipinski definition) is 2. The van der Waals surface area contributed by atoms with Crippen LogP contribution in [0, 0.1) is 0 Å². The van der Waals surface area contributed by atoms with Crippen molar-refractivity contribution in [3.05, 3.63) is 42.2 Å². The first kappa shape index (κ1) is 10.4. The number of allylic oxidation sites excluding steroid dienone is 1. The third-order valence-electron chi connectivity index (χ3n) is 1.79. The molecular formula is C11H13NO2. The van der Waals surface area contributed by atoms with Gasteiger partial charge in [0.15, 0.2) is 0 Å². The number of unbranched alkanes of at least 4 members (excludes halogenated alkanes) is 1. The lowest BCUT2D eigenvalue weighted by atomic mass is 10.2. The second kappa shape index (κ2) is 5.91. The number of nitrogens with zero attached hydrogens (tertiary/aromatic N) is 1. The second-order valence-electron chi connectivity index (χ2n) is 2.95. The Balaban J connectivity index is 2.19. The maximum Gasteiger partial charge on any atom is 0.327 e. The molecule has 0 aliphatic rings. The van der Waals surface area contributed by atoms with Crippen LogP contribution < -0.4 is 0 Å². The average Bonchev–Trinajstić information content (AvgIpc) is 2.18. The van der Waals surface area contributed by atoms with Gasteiger partial charge in [0.2, 0.25) is 0 Å². The Labute approximate surface area is 83.1 Å². The molecule has 1 rings (SSSR count). The molecule has 1 N–H and O–H groups in total. The molecule has 1 aromatic heterocycles. The third-order valence-corrected chi connectivity index (χ3v) is 1.79. The molecule has 0 radical (unpaired) electrons. The summed E-state index contributed by atoms with van der Waals surface area (Å²) < 4.78 is 0. The molecule has 1 aromatic rings. The largest absolute Gasteiger partial charge is 0.478 e. The minimum absolute atomic E-state index is 0.781. The van der Waals surface area contributed by atoms with Crippen molar-refractivity contribution in [1.29, 1.82) is 0 Å². The first-order valence-electron chi connectivity index (χ1n) is 4.58. The molecule has 0 aliphatic heterocycles. The van der Waals surface area contributed by atoms with Crippen LogP contribution in [0.5, 0.6) is 0 Å².